The Balaban J connectivity index is 1.56. The van der Waals surface area contributed by atoms with Crippen molar-refractivity contribution in [1.82, 2.24) is 19.8 Å². The van der Waals surface area contributed by atoms with Gasteiger partial charge in [0.15, 0.2) is 0 Å². The predicted octanol–water partition coefficient (Wildman–Crippen LogP) is 2.73. The molecule has 1 atom stereocenters. The molecule has 2 aliphatic rings. The number of aryl methyl sites for hydroxylation is 1. The maximum absolute atomic E-state index is 11.7. The van der Waals surface area contributed by atoms with E-state index in [0.29, 0.717) is 6.54 Å². The van der Waals surface area contributed by atoms with Crippen LogP contribution in [-0.2, 0) is 24.3 Å². The number of fused-ring (bicyclic) bond motifs is 1. The average molecular weight is 410 g/mol. The van der Waals surface area contributed by atoms with Gasteiger partial charge in [0.05, 0.1) is 12.8 Å². The quantitative estimate of drug-likeness (QED) is 0.819. The van der Waals surface area contributed by atoms with Gasteiger partial charge in [-0.25, -0.2) is 9.97 Å². The summed E-state index contributed by atoms with van der Waals surface area (Å²) in [6.07, 6.45) is 1.84. The highest BCUT2D eigenvalue weighted by molar-refractivity contribution is 5.73. The number of carbonyl (C=O) groups excluding carboxylic acids is 1. The normalized spacial score (nSPS) is 18.9. The Kier molecular flexibility index (Phi) is 5.90. The molecular weight excluding hydrogens is 378 g/mol. The molecule has 1 saturated heterocycles. The molecular formula is C23H31N5O2. The molecule has 4 rings (SSSR count). The number of nitrogens with zero attached hydrogens (tertiary/aromatic N) is 4. The molecule has 1 aromatic heterocycles. The van der Waals surface area contributed by atoms with Crippen LogP contribution < -0.4 is 10.1 Å². The predicted molar refractivity (Wildman–Crippen MR) is 117 cm³/mol. The van der Waals surface area contributed by atoms with Gasteiger partial charge in [0.25, 0.3) is 0 Å². The first-order valence-electron chi connectivity index (χ1n) is 10.7. The molecule has 2 aliphatic heterocycles. The monoisotopic (exact) mass is 409 g/mol. The zero-order valence-electron chi connectivity index (χ0n) is 18.4. The lowest BCUT2D eigenvalue weighted by molar-refractivity contribution is -0.127. The van der Waals surface area contributed by atoms with Gasteiger partial charge in [0.2, 0.25) is 5.91 Å². The highest BCUT2D eigenvalue weighted by atomic mass is 16.5. The van der Waals surface area contributed by atoms with Crippen LogP contribution in [-0.4, -0.2) is 59.5 Å². The Morgan fingerprint density at radius 3 is 2.83 bits per heavy atom. The fourth-order valence-electron chi connectivity index (χ4n) is 4.51. The number of anilines is 1. The van der Waals surface area contributed by atoms with Crippen molar-refractivity contribution in [2.24, 2.45) is 0 Å². The van der Waals surface area contributed by atoms with Gasteiger partial charge in [-0.2, -0.15) is 0 Å². The topological polar surface area (TPSA) is 70.6 Å². The van der Waals surface area contributed by atoms with Crippen LogP contribution in [0.15, 0.2) is 18.2 Å². The molecule has 1 aromatic carbocycles. The van der Waals surface area contributed by atoms with E-state index in [0.717, 1.165) is 62.1 Å². The van der Waals surface area contributed by atoms with Gasteiger partial charge in [-0.05, 0) is 31.4 Å². The number of carbonyl (C=O) groups is 1. The van der Waals surface area contributed by atoms with E-state index in [1.165, 1.54) is 16.7 Å². The third-order valence-corrected chi connectivity index (χ3v) is 6.23. The number of hydrogen-bond acceptors (Lipinski definition) is 6. The van der Waals surface area contributed by atoms with E-state index >= 15 is 0 Å². The zero-order valence-corrected chi connectivity index (χ0v) is 18.4. The largest absolute Gasteiger partial charge is 0.496 e. The summed E-state index contributed by atoms with van der Waals surface area (Å²) in [4.78, 5) is 25.8. The van der Waals surface area contributed by atoms with E-state index in [-0.39, 0.29) is 11.8 Å². The molecule has 1 N–H and O–H groups in total. The van der Waals surface area contributed by atoms with Crippen molar-refractivity contribution in [3.8, 4) is 5.75 Å². The first-order valence-corrected chi connectivity index (χ1v) is 10.7. The van der Waals surface area contributed by atoms with E-state index in [2.05, 4.69) is 35.3 Å². The Labute approximate surface area is 178 Å². The lowest BCUT2D eigenvalue weighted by atomic mass is 10.0. The molecule has 3 heterocycles. The SMILES string of the molecule is CNc1nc(C2CCN(C(C)=O)C2)nc2c1CCN(Cc1ccc(C)cc1OC)C2. The maximum atomic E-state index is 11.7. The van der Waals surface area contributed by atoms with Crippen molar-refractivity contribution in [1.29, 1.82) is 0 Å². The van der Waals surface area contributed by atoms with Gasteiger partial charge in [-0.1, -0.05) is 12.1 Å². The number of aromatic nitrogens is 2. The number of amides is 1. The molecule has 0 spiro atoms. The average Bonchev–Trinajstić information content (AvgIpc) is 3.24. The lowest BCUT2D eigenvalue weighted by Gasteiger charge is -2.30. The second-order valence-electron chi connectivity index (χ2n) is 8.33. The number of nitrogens with one attached hydrogen (secondary N) is 1. The second kappa shape index (κ2) is 8.60. The molecule has 160 valence electrons. The molecule has 0 saturated carbocycles. The lowest BCUT2D eigenvalue weighted by Crippen LogP contribution is -2.32. The van der Waals surface area contributed by atoms with Crippen molar-refractivity contribution in [2.75, 3.05) is 39.1 Å². The Hall–Kier alpha value is -2.67. The number of likely N-dealkylation sites (tertiary alicyclic amines) is 1. The van der Waals surface area contributed by atoms with Crippen LogP contribution in [0.3, 0.4) is 0 Å². The summed E-state index contributed by atoms with van der Waals surface area (Å²) < 4.78 is 5.60. The highest BCUT2D eigenvalue weighted by Crippen LogP contribution is 2.31. The van der Waals surface area contributed by atoms with E-state index in [9.17, 15) is 4.79 Å². The van der Waals surface area contributed by atoms with Crippen LogP contribution in [0.2, 0.25) is 0 Å². The van der Waals surface area contributed by atoms with Crippen molar-refractivity contribution < 1.29 is 9.53 Å². The summed E-state index contributed by atoms with van der Waals surface area (Å²) in [5, 5.41) is 3.27. The third kappa shape index (κ3) is 4.12. The minimum atomic E-state index is 0.127. The second-order valence-corrected chi connectivity index (χ2v) is 8.33. The standard InChI is InChI=1S/C23H31N5O2/c1-15-5-6-17(21(11-15)30-4)12-27-9-8-19-20(14-27)25-22(26-23(19)24-3)18-7-10-28(13-18)16(2)29/h5-6,11,18H,7-10,12-14H2,1-4H3,(H,24,25,26). The third-order valence-electron chi connectivity index (χ3n) is 6.23. The van der Waals surface area contributed by atoms with Crippen molar-refractivity contribution in [2.45, 2.75) is 45.7 Å². The maximum Gasteiger partial charge on any atom is 0.219 e. The van der Waals surface area contributed by atoms with Crippen molar-refractivity contribution in [3.63, 3.8) is 0 Å². The van der Waals surface area contributed by atoms with E-state index in [1.54, 1.807) is 14.0 Å². The molecule has 1 fully saturated rings. The summed E-state index contributed by atoms with van der Waals surface area (Å²) >= 11 is 0. The van der Waals surface area contributed by atoms with E-state index in [1.807, 2.05) is 11.9 Å². The molecule has 1 unspecified atom stereocenters. The van der Waals surface area contributed by atoms with Gasteiger partial charge < -0.3 is 15.0 Å². The molecule has 1 amide bonds. The Bertz CT molecular complexity index is 945. The van der Waals surface area contributed by atoms with Crippen LogP contribution in [0.5, 0.6) is 5.75 Å². The molecule has 0 bridgehead atoms. The van der Waals surface area contributed by atoms with Crippen LogP contribution in [0, 0.1) is 6.92 Å². The number of ether oxygens (including phenoxy) is 1. The van der Waals surface area contributed by atoms with Gasteiger partial charge in [0.1, 0.15) is 17.4 Å². The van der Waals surface area contributed by atoms with Crippen LogP contribution in [0.25, 0.3) is 0 Å². The molecule has 2 aromatic rings. The first-order chi connectivity index (χ1) is 14.5. The molecule has 7 heteroatoms. The van der Waals surface area contributed by atoms with Crippen LogP contribution in [0.4, 0.5) is 5.82 Å². The van der Waals surface area contributed by atoms with E-state index in [4.69, 9.17) is 14.7 Å². The first kappa shape index (κ1) is 20.6. The molecule has 30 heavy (non-hydrogen) atoms. The van der Waals surface area contributed by atoms with E-state index < -0.39 is 0 Å². The smallest absolute Gasteiger partial charge is 0.219 e. The van der Waals surface area contributed by atoms with Gasteiger partial charge in [-0.15, -0.1) is 0 Å². The van der Waals surface area contributed by atoms with Gasteiger partial charge in [-0.3, -0.25) is 9.69 Å². The van der Waals surface area contributed by atoms with Crippen molar-refractivity contribution >= 4 is 11.7 Å². The molecule has 7 nitrogen and oxygen atoms in total. The fraction of sp³-hybridized carbons (Fsp3) is 0.522. The summed E-state index contributed by atoms with van der Waals surface area (Å²) in [6, 6.07) is 6.38. The number of hydrogen-bond donors (Lipinski definition) is 1. The van der Waals surface area contributed by atoms with Crippen molar-refractivity contribution in [3.05, 3.63) is 46.4 Å². The number of methoxy groups -OCH3 is 1. The molecule has 0 radical (unpaired) electrons. The van der Waals surface area contributed by atoms with Gasteiger partial charge in [0, 0.05) is 63.7 Å². The number of benzene rings is 1. The van der Waals surface area contributed by atoms with Crippen LogP contribution >= 0.6 is 0 Å². The summed E-state index contributed by atoms with van der Waals surface area (Å²) in [7, 11) is 3.65. The highest BCUT2D eigenvalue weighted by Gasteiger charge is 2.30. The van der Waals surface area contributed by atoms with Gasteiger partial charge >= 0.3 is 0 Å². The van der Waals surface area contributed by atoms with Crippen LogP contribution in [0.1, 0.15) is 47.5 Å². The summed E-state index contributed by atoms with van der Waals surface area (Å²) in [5.41, 5.74) is 4.71. The Morgan fingerprint density at radius 1 is 1.30 bits per heavy atom. The fourth-order valence-corrected chi connectivity index (χ4v) is 4.51. The minimum absolute atomic E-state index is 0.127. The molecule has 0 aliphatic carbocycles. The number of rotatable bonds is 5. The summed E-state index contributed by atoms with van der Waals surface area (Å²) in [6.45, 7) is 7.79. The zero-order chi connectivity index (χ0) is 21.3. The minimum Gasteiger partial charge on any atom is -0.496 e. The Morgan fingerprint density at radius 2 is 2.13 bits per heavy atom. The summed E-state index contributed by atoms with van der Waals surface area (Å²) in [5.74, 6) is 3.07.